The zero-order valence-corrected chi connectivity index (χ0v) is 19.5. The summed E-state index contributed by atoms with van der Waals surface area (Å²) in [5, 5.41) is 9.17. The van der Waals surface area contributed by atoms with Crippen molar-refractivity contribution in [2.24, 2.45) is 5.92 Å². The van der Waals surface area contributed by atoms with Crippen LogP contribution in [0.1, 0.15) is 118 Å². The van der Waals surface area contributed by atoms with Gasteiger partial charge in [0.2, 0.25) is 0 Å². The molecule has 0 amide bonds. The van der Waals surface area contributed by atoms with Gasteiger partial charge in [0.25, 0.3) is 0 Å². The summed E-state index contributed by atoms with van der Waals surface area (Å²) < 4.78 is 5.42. The molecular weight excluding hydrogens is 364 g/mol. The smallest absolute Gasteiger partial charge is 0.309 e. The molecule has 0 aliphatic heterocycles. The second kappa shape index (κ2) is 17.7. The average molecular weight is 411 g/mol. The third-order valence-electron chi connectivity index (χ3n) is 4.94. The first kappa shape index (κ1) is 27.8. The van der Waals surface area contributed by atoms with Crippen LogP contribution in [0.5, 0.6) is 0 Å². The third-order valence-corrected chi connectivity index (χ3v) is 4.94. The topological polar surface area (TPSA) is 63.6 Å². The Morgan fingerprint density at radius 3 is 2.03 bits per heavy atom. The molecule has 0 aromatic carbocycles. The van der Waals surface area contributed by atoms with Crippen LogP contribution in [0.15, 0.2) is 12.2 Å². The number of carbonyl (C=O) groups excluding carboxylic acids is 2. The van der Waals surface area contributed by atoms with E-state index in [0.29, 0.717) is 18.6 Å². The fraction of sp³-hybridized carbons (Fsp3) is 0.840. The molecule has 0 radical (unpaired) electrons. The minimum absolute atomic E-state index is 0.00475. The molecule has 4 heteroatoms. The van der Waals surface area contributed by atoms with Crippen molar-refractivity contribution in [3.8, 4) is 0 Å². The molecule has 0 aromatic heterocycles. The molecular formula is C25H46O4. The molecule has 0 saturated heterocycles. The van der Waals surface area contributed by atoms with Crippen molar-refractivity contribution in [1.82, 2.24) is 0 Å². The van der Waals surface area contributed by atoms with Gasteiger partial charge in [-0.25, -0.2) is 0 Å². The molecule has 0 spiro atoms. The van der Waals surface area contributed by atoms with Gasteiger partial charge in [-0.1, -0.05) is 57.6 Å². The molecule has 29 heavy (non-hydrogen) atoms. The first-order valence-electron chi connectivity index (χ1n) is 11.8. The molecule has 0 rings (SSSR count). The Bertz CT molecular complexity index is 448. The van der Waals surface area contributed by atoms with E-state index in [0.717, 1.165) is 51.4 Å². The van der Waals surface area contributed by atoms with E-state index in [4.69, 9.17) is 4.74 Å². The van der Waals surface area contributed by atoms with E-state index in [-0.39, 0.29) is 18.5 Å². The van der Waals surface area contributed by atoms with Gasteiger partial charge in [0, 0.05) is 19.4 Å². The second-order valence-electron chi connectivity index (χ2n) is 9.11. The van der Waals surface area contributed by atoms with Gasteiger partial charge < -0.3 is 9.84 Å². The fourth-order valence-corrected chi connectivity index (χ4v) is 3.24. The highest BCUT2D eigenvalue weighted by atomic mass is 16.6. The number of unbranched alkanes of at least 4 members (excludes halogenated alkanes) is 8. The Hall–Kier alpha value is -1.16. The molecule has 170 valence electrons. The molecule has 0 unspecified atom stereocenters. The molecule has 0 bridgehead atoms. The number of ketones is 1. The minimum atomic E-state index is -0.495. The van der Waals surface area contributed by atoms with E-state index in [2.05, 4.69) is 13.0 Å². The summed E-state index contributed by atoms with van der Waals surface area (Å²) in [7, 11) is 0. The quantitative estimate of drug-likeness (QED) is 0.158. The summed E-state index contributed by atoms with van der Waals surface area (Å²) in [6.07, 6.45) is 18.1. The Kier molecular flexibility index (Phi) is 17.0. The van der Waals surface area contributed by atoms with E-state index >= 15 is 0 Å². The number of hydrogen-bond donors (Lipinski definition) is 1. The Morgan fingerprint density at radius 1 is 0.897 bits per heavy atom. The van der Waals surface area contributed by atoms with Gasteiger partial charge in [0.1, 0.15) is 11.4 Å². The van der Waals surface area contributed by atoms with Crippen LogP contribution in [0, 0.1) is 5.92 Å². The van der Waals surface area contributed by atoms with Crippen molar-refractivity contribution in [3.05, 3.63) is 12.2 Å². The zero-order chi connectivity index (χ0) is 22.0. The molecule has 0 aliphatic carbocycles. The van der Waals surface area contributed by atoms with Crippen LogP contribution in [-0.4, -0.2) is 29.1 Å². The number of aliphatic hydroxyl groups excluding tert-OH is 1. The minimum Gasteiger partial charge on any atom is -0.460 e. The Balaban J connectivity index is 3.76. The standard InChI is InChI=1S/C25H46O4/c1-5-6-7-11-15-18-23(27)19-16-13-10-8-9-12-14-17-22(20-21-26)24(28)29-25(2,3)4/h12,14,22,26H,5-11,13,15-21H2,1-4H3/b14-12+/t22-/m0/s1. The van der Waals surface area contributed by atoms with Crippen LogP contribution >= 0.6 is 0 Å². The molecule has 0 aromatic rings. The molecule has 1 N–H and O–H groups in total. The van der Waals surface area contributed by atoms with Gasteiger partial charge in [-0.05, 0) is 59.3 Å². The molecule has 0 saturated carbocycles. The molecule has 0 fully saturated rings. The predicted octanol–water partition coefficient (Wildman–Crippen LogP) is 6.54. The maximum atomic E-state index is 12.2. The number of esters is 1. The summed E-state index contributed by atoms with van der Waals surface area (Å²) in [6.45, 7) is 7.78. The summed E-state index contributed by atoms with van der Waals surface area (Å²) in [5.74, 6) is -0.0758. The Morgan fingerprint density at radius 2 is 1.48 bits per heavy atom. The number of aliphatic hydroxyl groups is 1. The van der Waals surface area contributed by atoms with Crippen molar-refractivity contribution in [2.45, 2.75) is 123 Å². The fourth-order valence-electron chi connectivity index (χ4n) is 3.24. The average Bonchev–Trinajstić information content (AvgIpc) is 2.64. The lowest BCUT2D eigenvalue weighted by molar-refractivity contribution is -0.160. The largest absolute Gasteiger partial charge is 0.460 e. The van der Waals surface area contributed by atoms with E-state index in [1.807, 2.05) is 26.8 Å². The normalized spacial score (nSPS) is 13.0. The first-order chi connectivity index (χ1) is 13.8. The maximum Gasteiger partial charge on any atom is 0.309 e. The van der Waals surface area contributed by atoms with Crippen molar-refractivity contribution in [2.75, 3.05) is 6.61 Å². The SMILES string of the molecule is CCCCCCCC(=O)CCCCCC/C=C/C[C@@H](CCO)C(=O)OC(C)(C)C. The molecule has 1 atom stereocenters. The van der Waals surface area contributed by atoms with Gasteiger partial charge >= 0.3 is 5.97 Å². The monoisotopic (exact) mass is 410 g/mol. The molecule has 0 aliphatic rings. The highest BCUT2D eigenvalue weighted by molar-refractivity contribution is 5.78. The van der Waals surface area contributed by atoms with Crippen LogP contribution < -0.4 is 0 Å². The predicted molar refractivity (Wildman–Crippen MR) is 121 cm³/mol. The van der Waals surface area contributed by atoms with Gasteiger partial charge in [-0.3, -0.25) is 9.59 Å². The first-order valence-corrected chi connectivity index (χ1v) is 11.8. The zero-order valence-electron chi connectivity index (χ0n) is 19.5. The van der Waals surface area contributed by atoms with Gasteiger partial charge in [-0.15, -0.1) is 0 Å². The molecule has 4 nitrogen and oxygen atoms in total. The Labute approximate surface area is 179 Å². The van der Waals surface area contributed by atoms with Crippen molar-refractivity contribution in [3.63, 3.8) is 0 Å². The number of carbonyl (C=O) groups is 2. The van der Waals surface area contributed by atoms with Gasteiger partial charge in [-0.2, -0.15) is 0 Å². The van der Waals surface area contributed by atoms with E-state index in [1.54, 1.807) is 0 Å². The number of rotatable bonds is 18. The van der Waals surface area contributed by atoms with Crippen LogP contribution in [0.3, 0.4) is 0 Å². The van der Waals surface area contributed by atoms with Crippen molar-refractivity contribution in [1.29, 1.82) is 0 Å². The van der Waals surface area contributed by atoms with Crippen molar-refractivity contribution < 1.29 is 19.4 Å². The third kappa shape index (κ3) is 18.6. The van der Waals surface area contributed by atoms with Crippen molar-refractivity contribution >= 4 is 11.8 Å². The lowest BCUT2D eigenvalue weighted by Gasteiger charge is -2.23. The summed E-state index contributed by atoms with van der Waals surface area (Å²) in [4.78, 5) is 24.0. The van der Waals surface area contributed by atoms with E-state index in [1.165, 1.54) is 25.7 Å². The van der Waals surface area contributed by atoms with Crippen LogP contribution in [-0.2, 0) is 14.3 Å². The van der Waals surface area contributed by atoms with Crippen LogP contribution in [0.4, 0.5) is 0 Å². The van der Waals surface area contributed by atoms with Gasteiger partial charge in [0.05, 0.1) is 5.92 Å². The summed E-state index contributed by atoms with van der Waals surface area (Å²) in [5.41, 5.74) is -0.495. The molecule has 0 heterocycles. The number of allylic oxidation sites excluding steroid dienone is 2. The second-order valence-corrected chi connectivity index (χ2v) is 9.11. The number of Topliss-reactive ketones (excluding diaryl/α,β-unsaturated/α-hetero) is 1. The van der Waals surface area contributed by atoms with Crippen LogP contribution in [0.2, 0.25) is 0 Å². The lowest BCUT2D eigenvalue weighted by atomic mass is 10.0. The number of ether oxygens (including phenoxy) is 1. The van der Waals surface area contributed by atoms with E-state index < -0.39 is 5.60 Å². The van der Waals surface area contributed by atoms with E-state index in [9.17, 15) is 14.7 Å². The van der Waals surface area contributed by atoms with Gasteiger partial charge in [0.15, 0.2) is 0 Å². The van der Waals surface area contributed by atoms with Crippen LogP contribution in [0.25, 0.3) is 0 Å². The number of hydrogen-bond acceptors (Lipinski definition) is 4. The maximum absolute atomic E-state index is 12.2. The lowest BCUT2D eigenvalue weighted by Crippen LogP contribution is -2.29. The summed E-state index contributed by atoms with van der Waals surface area (Å²) in [6, 6.07) is 0. The highest BCUT2D eigenvalue weighted by Crippen LogP contribution is 2.17. The highest BCUT2D eigenvalue weighted by Gasteiger charge is 2.23. The summed E-state index contributed by atoms with van der Waals surface area (Å²) >= 11 is 0.